The average molecular weight is 294 g/mol. The first kappa shape index (κ1) is 20.6. The third kappa shape index (κ3) is 5.41. The number of carboxylic acid groups (broad SMARTS) is 2. The van der Waals surface area contributed by atoms with Crippen LogP contribution in [0.3, 0.4) is 0 Å². The van der Waals surface area contributed by atoms with E-state index >= 15 is 0 Å². The Morgan fingerprint density at radius 2 is 1.53 bits per heavy atom. The van der Waals surface area contributed by atoms with E-state index in [1.165, 1.54) is 0 Å². The number of carbonyl (C=O) groups is 3. The van der Waals surface area contributed by atoms with Crippen LogP contribution in [-0.2, 0) is 9.59 Å². The summed E-state index contributed by atoms with van der Waals surface area (Å²) in [5.74, 6) is -6.21. The van der Waals surface area contributed by atoms with Gasteiger partial charge in [-0.05, 0) is 0 Å². The largest absolute Gasteiger partial charge is 1.00 e. The van der Waals surface area contributed by atoms with Crippen LogP contribution in [-0.4, -0.2) is 27.8 Å². The minimum Gasteiger partial charge on any atom is -1.00 e. The average Bonchev–Trinajstić information content (AvgIpc) is 2.22. The molecule has 0 bridgehead atoms. The molecule has 0 saturated carbocycles. The van der Waals surface area contributed by atoms with Crippen molar-refractivity contribution >= 4 is 46.9 Å². The summed E-state index contributed by atoms with van der Waals surface area (Å²) in [6.07, 6.45) is 0. The van der Waals surface area contributed by atoms with Crippen molar-refractivity contribution in [3.63, 3.8) is 0 Å². The van der Waals surface area contributed by atoms with Crippen LogP contribution < -0.4 is 53.3 Å². The Bertz CT molecular complexity index is 537. The van der Waals surface area contributed by atoms with Crippen molar-refractivity contribution < 1.29 is 65.2 Å². The Balaban J connectivity index is -0.000000361. The Kier molecular flexibility index (Phi) is 9.14. The third-order valence-corrected chi connectivity index (χ3v) is 2.05. The maximum absolute atomic E-state index is 10.8. The van der Waals surface area contributed by atoms with Gasteiger partial charge in [0.15, 0.2) is 16.1 Å². The molecule has 0 unspecified atom stereocenters. The smallest absolute Gasteiger partial charge is 1.00 e. The molecule has 0 saturated heterocycles. The standard InChI is InChI=1S/C7H3Cl2N3O5.2Li.2H/c8-2-3(9)11-4(1(10-2)6(14)15)12-5(13)7(16)17;;;;/h(H,14,15)(H,16,17)(H,11,12,13);;;;/q;2*+1;2*-1/p-2. The number of aromatic carboxylic acids is 1. The Morgan fingerprint density at radius 3 is 1.95 bits per heavy atom. The number of aromatic nitrogens is 2. The van der Waals surface area contributed by atoms with E-state index in [9.17, 15) is 24.6 Å². The van der Waals surface area contributed by atoms with Crippen molar-refractivity contribution in [2.24, 2.45) is 0 Å². The summed E-state index contributed by atoms with van der Waals surface area (Å²) in [6.45, 7) is 0. The zero-order chi connectivity index (χ0) is 13.2. The molecule has 12 heteroatoms. The van der Waals surface area contributed by atoms with Crippen LogP contribution in [0, 0.1) is 0 Å². The van der Waals surface area contributed by atoms with Gasteiger partial charge in [-0.2, -0.15) is 0 Å². The fourth-order valence-corrected chi connectivity index (χ4v) is 1.04. The van der Waals surface area contributed by atoms with E-state index in [2.05, 4.69) is 9.97 Å². The normalized spacial score (nSPS) is 8.74. The molecule has 0 aliphatic heterocycles. The summed E-state index contributed by atoms with van der Waals surface area (Å²) in [5, 5.41) is 21.5. The van der Waals surface area contributed by atoms with Crippen LogP contribution in [0.15, 0.2) is 0 Å². The van der Waals surface area contributed by atoms with Crippen LogP contribution in [0.4, 0.5) is 5.82 Å². The summed E-state index contributed by atoms with van der Waals surface area (Å²) in [5.41, 5.74) is -0.853. The number of carboxylic acids is 2. The summed E-state index contributed by atoms with van der Waals surface area (Å²) in [6, 6.07) is 0. The Morgan fingerprint density at radius 1 is 1.05 bits per heavy atom. The molecule has 0 fully saturated rings. The number of anilines is 1. The Labute approximate surface area is 143 Å². The van der Waals surface area contributed by atoms with E-state index in [4.69, 9.17) is 23.2 Å². The molecule has 1 aromatic rings. The summed E-state index contributed by atoms with van der Waals surface area (Å²) in [7, 11) is 0. The predicted molar refractivity (Wildman–Crippen MR) is 52.2 cm³/mol. The van der Waals surface area contributed by atoms with Gasteiger partial charge < -0.3 is 28.0 Å². The molecule has 1 N–H and O–H groups in total. The SMILES string of the molecule is O=C([O-])C(=O)Nc1nc(Cl)c(Cl)nc1C(=O)[O-].[H-].[H-].[Li+].[Li+]. The summed E-state index contributed by atoms with van der Waals surface area (Å²) >= 11 is 10.8. The molecule has 0 aromatic carbocycles. The molecule has 19 heavy (non-hydrogen) atoms. The van der Waals surface area contributed by atoms with E-state index in [1.807, 2.05) is 0 Å². The number of hydrogen-bond acceptors (Lipinski definition) is 7. The molecule has 0 aliphatic rings. The van der Waals surface area contributed by atoms with E-state index < -0.39 is 39.7 Å². The van der Waals surface area contributed by atoms with Gasteiger partial charge in [-0.25, -0.2) is 9.97 Å². The molecular weight excluding hydrogens is 291 g/mol. The van der Waals surface area contributed by atoms with Crippen molar-refractivity contribution in [3.8, 4) is 0 Å². The number of aliphatic carboxylic acids is 1. The Hall–Kier alpha value is -0.735. The number of halogens is 2. The minimum absolute atomic E-state index is 0. The summed E-state index contributed by atoms with van der Waals surface area (Å²) < 4.78 is 0. The maximum Gasteiger partial charge on any atom is 1.00 e. The molecule has 0 radical (unpaired) electrons. The first-order chi connectivity index (χ1) is 7.82. The van der Waals surface area contributed by atoms with Gasteiger partial charge in [0.2, 0.25) is 0 Å². The van der Waals surface area contributed by atoms with Crippen LogP contribution in [0.2, 0.25) is 10.3 Å². The second kappa shape index (κ2) is 8.44. The second-order valence-electron chi connectivity index (χ2n) is 2.53. The van der Waals surface area contributed by atoms with Gasteiger partial charge in [0.1, 0.15) is 11.7 Å². The van der Waals surface area contributed by atoms with E-state index in [1.54, 1.807) is 5.32 Å². The zero-order valence-corrected chi connectivity index (χ0v) is 11.2. The van der Waals surface area contributed by atoms with E-state index in [0.717, 1.165) is 0 Å². The summed E-state index contributed by atoms with van der Waals surface area (Å²) in [4.78, 5) is 38.1. The molecule has 1 amide bonds. The number of carbonyl (C=O) groups excluding carboxylic acids is 3. The van der Waals surface area contributed by atoms with Gasteiger partial charge in [-0.15, -0.1) is 0 Å². The van der Waals surface area contributed by atoms with Crippen molar-refractivity contribution in [1.29, 1.82) is 0 Å². The molecule has 8 nitrogen and oxygen atoms in total. The number of rotatable bonds is 2. The molecule has 1 rings (SSSR count). The fraction of sp³-hybridized carbons (Fsp3) is 0. The molecule has 1 aromatic heterocycles. The first-order valence-corrected chi connectivity index (χ1v) is 4.55. The molecule has 0 aliphatic carbocycles. The fourth-order valence-electron chi connectivity index (χ4n) is 0.783. The third-order valence-electron chi connectivity index (χ3n) is 1.43. The number of amides is 1. The maximum atomic E-state index is 10.8. The van der Waals surface area contributed by atoms with Crippen LogP contribution in [0.25, 0.3) is 0 Å². The second-order valence-corrected chi connectivity index (χ2v) is 3.25. The van der Waals surface area contributed by atoms with Crippen molar-refractivity contribution in [3.05, 3.63) is 16.0 Å². The molecule has 94 valence electrons. The molecular formula is C7H3Cl2Li2N3O5-2. The van der Waals surface area contributed by atoms with Gasteiger partial charge in [0.05, 0.1) is 5.97 Å². The number of nitrogens with one attached hydrogen (secondary N) is 1. The van der Waals surface area contributed by atoms with Crippen molar-refractivity contribution in [2.45, 2.75) is 0 Å². The van der Waals surface area contributed by atoms with Gasteiger partial charge in [-0.3, -0.25) is 4.79 Å². The predicted octanol–water partition coefficient (Wildman–Crippen LogP) is -7.93. The van der Waals surface area contributed by atoms with Crippen LogP contribution >= 0.6 is 23.2 Å². The van der Waals surface area contributed by atoms with Crippen molar-refractivity contribution in [1.82, 2.24) is 9.97 Å². The number of nitrogens with zero attached hydrogens (tertiary/aromatic N) is 2. The minimum atomic E-state index is -2.08. The first-order valence-electron chi connectivity index (χ1n) is 3.79. The van der Waals surface area contributed by atoms with E-state index in [-0.39, 0.29) is 40.6 Å². The van der Waals surface area contributed by atoms with Gasteiger partial charge in [0.25, 0.3) is 5.91 Å². The van der Waals surface area contributed by atoms with Crippen LogP contribution in [0.1, 0.15) is 13.3 Å². The van der Waals surface area contributed by atoms with Crippen LogP contribution in [0.5, 0.6) is 0 Å². The molecule has 0 spiro atoms. The quantitative estimate of drug-likeness (QED) is 0.422. The van der Waals surface area contributed by atoms with Gasteiger partial charge in [0, 0.05) is 0 Å². The van der Waals surface area contributed by atoms with Gasteiger partial charge >= 0.3 is 37.7 Å². The molecule has 1 heterocycles. The van der Waals surface area contributed by atoms with Gasteiger partial charge in [-0.1, -0.05) is 23.2 Å². The molecule has 0 atom stereocenters. The van der Waals surface area contributed by atoms with E-state index in [0.29, 0.717) is 0 Å². The number of hydrogen-bond donors (Lipinski definition) is 1. The monoisotopic (exact) mass is 293 g/mol. The van der Waals surface area contributed by atoms with Crippen molar-refractivity contribution in [2.75, 3.05) is 5.32 Å². The topological polar surface area (TPSA) is 135 Å². The zero-order valence-electron chi connectivity index (χ0n) is 11.7.